The number of ether oxygens (including phenoxy) is 1. The second kappa shape index (κ2) is 10.7. The fourth-order valence-electron chi connectivity index (χ4n) is 4.00. The molecule has 0 aliphatic carbocycles. The molecule has 0 bridgehead atoms. The molecule has 1 atom stereocenters. The van der Waals surface area contributed by atoms with E-state index in [0.29, 0.717) is 18.1 Å². The summed E-state index contributed by atoms with van der Waals surface area (Å²) in [5.74, 6) is 0.226. The summed E-state index contributed by atoms with van der Waals surface area (Å²) in [6, 6.07) is 20.5. The van der Waals surface area contributed by atoms with Crippen molar-refractivity contribution in [2.24, 2.45) is 0 Å². The summed E-state index contributed by atoms with van der Waals surface area (Å²) < 4.78 is 5.24. The number of methoxy groups -OCH3 is 1. The lowest BCUT2D eigenvalue weighted by Gasteiger charge is -2.14. The molecule has 35 heavy (non-hydrogen) atoms. The van der Waals surface area contributed by atoms with Gasteiger partial charge in [0.2, 0.25) is 5.95 Å². The SMILES string of the molecule is CCC(CC(=O)O)c1cccc(CNC(=O)c2cccc(Nc3nc4cc(OC)ccc4[nH]3)c2)c1. The zero-order chi connectivity index (χ0) is 24.8. The quantitative estimate of drug-likeness (QED) is 0.252. The van der Waals surface area contributed by atoms with E-state index >= 15 is 0 Å². The average molecular weight is 473 g/mol. The van der Waals surface area contributed by atoms with Crippen molar-refractivity contribution in [1.82, 2.24) is 15.3 Å². The van der Waals surface area contributed by atoms with E-state index in [1.165, 1.54) is 0 Å². The molecular weight excluding hydrogens is 444 g/mol. The minimum absolute atomic E-state index is 0.0507. The number of aromatic amines is 1. The maximum atomic E-state index is 12.8. The number of fused-ring (bicyclic) bond motifs is 1. The number of rotatable bonds is 10. The summed E-state index contributed by atoms with van der Waals surface area (Å²) in [6.07, 6.45) is 0.825. The van der Waals surface area contributed by atoms with Gasteiger partial charge in [0.05, 0.1) is 24.6 Å². The summed E-state index contributed by atoms with van der Waals surface area (Å²) in [5, 5.41) is 15.3. The molecule has 4 rings (SSSR count). The highest BCUT2D eigenvalue weighted by Gasteiger charge is 2.14. The van der Waals surface area contributed by atoms with Gasteiger partial charge in [-0.05, 0) is 53.8 Å². The van der Waals surface area contributed by atoms with Crippen molar-refractivity contribution in [3.05, 3.63) is 83.4 Å². The van der Waals surface area contributed by atoms with Gasteiger partial charge in [-0.15, -0.1) is 0 Å². The van der Waals surface area contributed by atoms with E-state index in [-0.39, 0.29) is 18.2 Å². The summed E-state index contributed by atoms with van der Waals surface area (Å²) in [5.41, 5.74) is 4.78. The Kier molecular flexibility index (Phi) is 7.30. The van der Waals surface area contributed by atoms with Crippen LogP contribution in [0.25, 0.3) is 11.0 Å². The molecule has 1 amide bonds. The zero-order valence-electron chi connectivity index (χ0n) is 19.7. The molecule has 0 fully saturated rings. The summed E-state index contributed by atoms with van der Waals surface area (Å²) in [7, 11) is 1.61. The number of carboxylic acids is 1. The Balaban J connectivity index is 1.41. The third-order valence-corrected chi connectivity index (χ3v) is 5.87. The van der Waals surface area contributed by atoms with E-state index in [2.05, 4.69) is 20.6 Å². The molecular formula is C27H28N4O4. The highest BCUT2D eigenvalue weighted by molar-refractivity contribution is 5.95. The molecule has 0 aliphatic heterocycles. The number of hydrogen-bond donors (Lipinski definition) is 4. The first-order chi connectivity index (χ1) is 16.9. The molecule has 1 unspecified atom stereocenters. The van der Waals surface area contributed by atoms with Crippen LogP contribution in [0.5, 0.6) is 5.75 Å². The monoisotopic (exact) mass is 472 g/mol. The Bertz CT molecular complexity index is 1350. The van der Waals surface area contributed by atoms with Crippen molar-refractivity contribution in [3.8, 4) is 5.75 Å². The number of aliphatic carboxylic acids is 1. The second-order valence-corrected chi connectivity index (χ2v) is 8.31. The highest BCUT2D eigenvalue weighted by atomic mass is 16.5. The van der Waals surface area contributed by atoms with E-state index in [4.69, 9.17) is 9.84 Å². The van der Waals surface area contributed by atoms with Gasteiger partial charge in [0, 0.05) is 23.9 Å². The topological polar surface area (TPSA) is 116 Å². The number of carboxylic acid groups (broad SMARTS) is 1. The van der Waals surface area contributed by atoms with Gasteiger partial charge in [-0.1, -0.05) is 37.3 Å². The molecule has 3 aromatic carbocycles. The average Bonchev–Trinajstić information content (AvgIpc) is 3.27. The van der Waals surface area contributed by atoms with Crippen molar-refractivity contribution in [3.63, 3.8) is 0 Å². The predicted molar refractivity (Wildman–Crippen MR) is 135 cm³/mol. The van der Waals surface area contributed by atoms with Gasteiger partial charge >= 0.3 is 5.97 Å². The standard InChI is InChI=1S/C27H28N4O4/c1-3-18(14-25(32)33)19-7-4-6-17(12-19)16-28-26(34)20-8-5-9-21(13-20)29-27-30-23-11-10-22(35-2)15-24(23)31-27/h4-13,15,18H,3,14,16H2,1-2H3,(H,28,34)(H,32,33)(H2,29,30,31). The number of H-pyrrole nitrogens is 1. The number of carbonyl (C=O) groups excluding carboxylic acids is 1. The van der Waals surface area contributed by atoms with Crippen molar-refractivity contribution in [1.29, 1.82) is 0 Å². The van der Waals surface area contributed by atoms with Crippen LogP contribution < -0.4 is 15.4 Å². The fraction of sp³-hybridized carbons (Fsp3) is 0.222. The molecule has 4 aromatic rings. The second-order valence-electron chi connectivity index (χ2n) is 8.31. The fourth-order valence-corrected chi connectivity index (χ4v) is 4.00. The van der Waals surface area contributed by atoms with Gasteiger partial charge in [-0.2, -0.15) is 0 Å². The van der Waals surface area contributed by atoms with Crippen LogP contribution in [0.3, 0.4) is 0 Å². The third-order valence-electron chi connectivity index (χ3n) is 5.87. The van der Waals surface area contributed by atoms with Crippen LogP contribution in [0, 0.1) is 0 Å². The third kappa shape index (κ3) is 5.97. The first kappa shape index (κ1) is 23.8. The first-order valence-corrected chi connectivity index (χ1v) is 11.4. The van der Waals surface area contributed by atoms with Crippen LogP contribution >= 0.6 is 0 Å². The minimum atomic E-state index is -0.813. The van der Waals surface area contributed by atoms with Crippen molar-refractivity contribution in [2.45, 2.75) is 32.2 Å². The van der Waals surface area contributed by atoms with Crippen molar-refractivity contribution in [2.75, 3.05) is 12.4 Å². The Morgan fingerprint density at radius 1 is 1.09 bits per heavy atom. The molecule has 1 heterocycles. The molecule has 1 aromatic heterocycles. The van der Waals surface area contributed by atoms with Crippen LogP contribution in [0.2, 0.25) is 0 Å². The van der Waals surface area contributed by atoms with Crippen LogP contribution in [-0.4, -0.2) is 34.1 Å². The van der Waals surface area contributed by atoms with Gasteiger partial charge in [-0.3, -0.25) is 9.59 Å². The van der Waals surface area contributed by atoms with E-state index in [1.54, 1.807) is 25.3 Å². The number of anilines is 2. The number of nitrogens with zero attached hydrogens (tertiary/aromatic N) is 1. The molecule has 0 aliphatic rings. The number of carbonyl (C=O) groups is 2. The number of imidazole rings is 1. The lowest BCUT2D eigenvalue weighted by Crippen LogP contribution is -2.23. The van der Waals surface area contributed by atoms with E-state index < -0.39 is 5.97 Å². The van der Waals surface area contributed by atoms with Crippen LogP contribution in [0.4, 0.5) is 11.6 Å². The lowest BCUT2D eigenvalue weighted by molar-refractivity contribution is -0.137. The number of benzene rings is 3. The molecule has 8 heteroatoms. The summed E-state index contributed by atoms with van der Waals surface area (Å²) in [6.45, 7) is 2.32. The maximum absolute atomic E-state index is 12.8. The van der Waals surface area contributed by atoms with Crippen molar-refractivity contribution < 1.29 is 19.4 Å². The number of nitrogens with one attached hydrogen (secondary N) is 3. The van der Waals surface area contributed by atoms with Gasteiger partial charge in [0.15, 0.2) is 0 Å². The number of hydrogen-bond acceptors (Lipinski definition) is 5. The predicted octanol–water partition coefficient (Wildman–Crippen LogP) is 5.21. The smallest absolute Gasteiger partial charge is 0.303 e. The zero-order valence-corrected chi connectivity index (χ0v) is 19.7. The first-order valence-electron chi connectivity index (χ1n) is 11.4. The van der Waals surface area contributed by atoms with Gasteiger partial charge in [0.25, 0.3) is 5.91 Å². The largest absolute Gasteiger partial charge is 0.497 e. The maximum Gasteiger partial charge on any atom is 0.303 e. The van der Waals surface area contributed by atoms with Crippen molar-refractivity contribution >= 4 is 34.5 Å². The van der Waals surface area contributed by atoms with Crippen LogP contribution in [0.15, 0.2) is 66.7 Å². The van der Waals surface area contributed by atoms with E-state index in [9.17, 15) is 9.59 Å². The molecule has 0 saturated heterocycles. The molecule has 0 saturated carbocycles. The Labute approximate surface area is 203 Å². The van der Waals surface area contributed by atoms with Gasteiger partial charge < -0.3 is 25.5 Å². The highest BCUT2D eigenvalue weighted by Crippen LogP contribution is 2.25. The van der Waals surface area contributed by atoms with Gasteiger partial charge in [0.1, 0.15) is 5.75 Å². The number of aromatic nitrogens is 2. The molecule has 0 radical (unpaired) electrons. The number of amides is 1. The van der Waals surface area contributed by atoms with Gasteiger partial charge in [-0.25, -0.2) is 4.98 Å². The minimum Gasteiger partial charge on any atom is -0.497 e. The van der Waals surface area contributed by atoms with Crippen LogP contribution in [-0.2, 0) is 11.3 Å². The van der Waals surface area contributed by atoms with E-state index in [0.717, 1.165) is 40.0 Å². The van der Waals surface area contributed by atoms with Crippen LogP contribution in [0.1, 0.15) is 47.2 Å². The summed E-state index contributed by atoms with van der Waals surface area (Å²) in [4.78, 5) is 31.7. The lowest BCUT2D eigenvalue weighted by atomic mass is 9.92. The van der Waals surface area contributed by atoms with E-state index in [1.807, 2.05) is 55.5 Å². The Morgan fingerprint density at radius 3 is 2.69 bits per heavy atom. The summed E-state index contributed by atoms with van der Waals surface area (Å²) >= 11 is 0. The molecule has 8 nitrogen and oxygen atoms in total. The Hall–Kier alpha value is -4.33. The molecule has 0 spiro atoms. The Morgan fingerprint density at radius 2 is 1.91 bits per heavy atom. The normalized spacial score (nSPS) is 11.7. The molecule has 180 valence electrons. The molecule has 4 N–H and O–H groups in total.